The molecule has 0 radical (unpaired) electrons. The molecule has 3 nitrogen and oxygen atoms in total. The van der Waals surface area contributed by atoms with Crippen molar-refractivity contribution in [3.8, 4) is 11.5 Å². The van der Waals surface area contributed by atoms with Crippen molar-refractivity contribution in [1.82, 2.24) is 0 Å². The number of ether oxygens (including phenoxy) is 1. The van der Waals surface area contributed by atoms with E-state index in [9.17, 15) is 5.11 Å². The lowest BCUT2D eigenvalue weighted by molar-refractivity contribution is 0.341. The molecule has 0 aliphatic heterocycles. The topological polar surface area (TPSA) is 32.7 Å². The van der Waals surface area contributed by atoms with Crippen LogP contribution in [-0.4, -0.2) is 25.8 Å². The number of aromatic hydroxyl groups is 1. The maximum Gasteiger partial charge on any atom is 0.143 e. The number of anilines is 1. The fraction of sp³-hybridized carbons (Fsp3) is 0.231. The summed E-state index contributed by atoms with van der Waals surface area (Å²) in [5.41, 5.74) is 6.24. The van der Waals surface area contributed by atoms with Crippen molar-refractivity contribution < 1.29 is 9.84 Å². The van der Waals surface area contributed by atoms with Gasteiger partial charge in [-0.05, 0) is 42.2 Å². The van der Waals surface area contributed by atoms with E-state index < -0.39 is 0 Å². The molecule has 0 atom stereocenters. The van der Waals surface area contributed by atoms with Crippen LogP contribution in [0.2, 0.25) is 0 Å². The average molecular weight is 388 g/mol. The Morgan fingerprint density at radius 1 is 0.828 bits per heavy atom. The van der Waals surface area contributed by atoms with E-state index in [1.54, 1.807) is 6.07 Å². The normalized spacial score (nSPS) is 11.7. The Labute approximate surface area is 173 Å². The van der Waals surface area contributed by atoms with Gasteiger partial charge in [0.05, 0.1) is 12.3 Å². The molecule has 150 valence electrons. The molecule has 0 amide bonds. The number of nitrogens with zero attached hydrogens (tertiary/aromatic N) is 1. The van der Waals surface area contributed by atoms with Gasteiger partial charge in [-0.3, -0.25) is 0 Å². The number of hydrogen-bond acceptors (Lipinski definition) is 3. The highest BCUT2D eigenvalue weighted by atomic mass is 16.5. The van der Waals surface area contributed by atoms with Crippen LogP contribution in [0.1, 0.15) is 37.0 Å². The predicted molar refractivity (Wildman–Crippen MR) is 123 cm³/mol. The van der Waals surface area contributed by atoms with Crippen molar-refractivity contribution in [3.05, 3.63) is 89.5 Å². The summed E-state index contributed by atoms with van der Waals surface area (Å²) in [6.07, 6.45) is 0.833. The maximum atomic E-state index is 10.8. The fourth-order valence-electron chi connectivity index (χ4n) is 3.78. The van der Waals surface area contributed by atoms with Crippen LogP contribution in [0.4, 0.5) is 5.69 Å². The summed E-state index contributed by atoms with van der Waals surface area (Å²) >= 11 is 0. The van der Waals surface area contributed by atoms with Gasteiger partial charge in [-0.25, -0.2) is 0 Å². The van der Waals surface area contributed by atoms with Gasteiger partial charge < -0.3 is 14.7 Å². The largest absolute Gasteiger partial charge is 0.507 e. The molecular formula is C26H29NO2. The van der Waals surface area contributed by atoms with Gasteiger partial charge in [0.2, 0.25) is 0 Å². The van der Waals surface area contributed by atoms with Gasteiger partial charge in [-0.15, -0.1) is 0 Å². The second kappa shape index (κ2) is 9.33. The van der Waals surface area contributed by atoms with Crippen molar-refractivity contribution >= 4 is 16.8 Å². The summed E-state index contributed by atoms with van der Waals surface area (Å²) in [6, 6.07) is 24.1. The van der Waals surface area contributed by atoms with Crippen molar-refractivity contribution in [2.45, 2.75) is 20.3 Å². The van der Waals surface area contributed by atoms with Gasteiger partial charge in [-0.1, -0.05) is 67.6 Å². The van der Waals surface area contributed by atoms with E-state index in [1.807, 2.05) is 57.4 Å². The monoisotopic (exact) mass is 387 g/mol. The minimum absolute atomic E-state index is 0.274. The number of benzene rings is 3. The van der Waals surface area contributed by atoms with E-state index in [4.69, 9.17) is 4.74 Å². The molecule has 0 heterocycles. The average Bonchev–Trinajstić information content (AvgIpc) is 2.73. The highest BCUT2D eigenvalue weighted by molar-refractivity contribution is 6.03. The van der Waals surface area contributed by atoms with E-state index in [-0.39, 0.29) is 5.75 Å². The first-order valence-corrected chi connectivity index (χ1v) is 10.1. The first-order chi connectivity index (χ1) is 14.1. The fourth-order valence-corrected chi connectivity index (χ4v) is 3.78. The minimum atomic E-state index is 0.274. The Bertz CT molecular complexity index is 991. The van der Waals surface area contributed by atoms with E-state index in [0.717, 1.165) is 40.1 Å². The zero-order valence-corrected chi connectivity index (χ0v) is 17.6. The number of phenolic OH excluding ortho intramolecular Hbond substituents is 1. The van der Waals surface area contributed by atoms with Gasteiger partial charge in [0, 0.05) is 25.2 Å². The third kappa shape index (κ3) is 4.29. The quantitative estimate of drug-likeness (QED) is 0.488. The van der Waals surface area contributed by atoms with Crippen LogP contribution in [-0.2, 0) is 0 Å². The molecule has 0 saturated heterocycles. The second-order valence-corrected chi connectivity index (χ2v) is 7.07. The molecule has 1 N–H and O–H groups in total. The second-order valence-electron chi connectivity index (χ2n) is 7.07. The number of para-hydroxylation sites is 2. The summed E-state index contributed by atoms with van der Waals surface area (Å²) in [7, 11) is 4.05. The van der Waals surface area contributed by atoms with E-state index in [1.165, 1.54) is 5.57 Å². The molecule has 0 aliphatic carbocycles. The molecule has 0 saturated carbocycles. The Kier molecular flexibility index (Phi) is 6.61. The van der Waals surface area contributed by atoms with Crippen LogP contribution in [0, 0.1) is 0 Å². The van der Waals surface area contributed by atoms with Gasteiger partial charge in [0.25, 0.3) is 0 Å². The lowest BCUT2D eigenvalue weighted by atomic mass is 9.86. The third-order valence-corrected chi connectivity index (χ3v) is 4.97. The summed E-state index contributed by atoms with van der Waals surface area (Å²) in [5.74, 6) is 1.11. The standard InChI is InChI=1S/C26H29NO2/c1-5-20(19-13-8-7-9-14-19)25(21-15-10-11-17-23(21)28)22-16-12-18-24(29-6-2)26(22)27(3)4/h7-18,28H,5-6H2,1-4H3. The smallest absolute Gasteiger partial charge is 0.143 e. The predicted octanol–water partition coefficient (Wildman–Crippen LogP) is 6.23. The van der Waals surface area contributed by atoms with Gasteiger partial charge in [0.15, 0.2) is 0 Å². The van der Waals surface area contributed by atoms with Crippen LogP contribution in [0.25, 0.3) is 11.1 Å². The molecule has 0 spiro atoms. The Hall–Kier alpha value is -3.20. The number of phenols is 1. The van der Waals surface area contributed by atoms with Crippen molar-refractivity contribution in [2.24, 2.45) is 0 Å². The lowest BCUT2D eigenvalue weighted by Gasteiger charge is -2.25. The van der Waals surface area contributed by atoms with Crippen LogP contribution >= 0.6 is 0 Å². The van der Waals surface area contributed by atoms with E-state index >= 15 is 0 Å². The summed E-state index contributed by atoms with van der Waals surface area (Å²) in [6.45, 7) is 4.75. The molecular weight excluding hydrogens is 358 g/mol. The van der Waals surface area contributed by atoms with Crippen LogP contribution in [0.5, 0.6) is 11.5 Å². The van der Waals surface area contributed by atoms with Gasteiger partial charge in [0.1, 0.15) is 11.5 Å². The molecule has 0 aromatic heterocycles. The SMILES string of the molecule is CCOc1cccc(C(=C(CC)c2ccccc2)c2ccccc2O)c1N(C)C. The molecule has 0 aliphatic rings. The molecule has 3 heteroatoms. The molecule has 3 rings (SSSR count). The van der Waals surface area contributed by atoms with Crippen molar-refractivity contribution in [2.75, 3.05) is 25.6 Å². The summed E-state index contributed by atoms with van der Waals surface area (Å²) in [5, 5.41) is 10.8. The Balaban J connectivity index is 2.41. The van der Waals surface area contributed by atoms with E-state index in [2.05, 4.69) is 42.2 Å². The molecule has 3 aromatic carbocycles. The molecule has 29 heavy (non-hydrogen) atoms. The number of allylic oxidation sites excluding steroid dienone is 1. The number of rotatable bonds is 7. The third-order valence-electron chi connectivity index (χ3n) is 4.97. The van der Waals surface area contributed by atoms with Crippen LogP contribution in [0.3, 0.4) is 0 Å². The van der Waals surface area contributed by atoms with Crippen LogP contribution in [0.15, 0.2) is 72.8 Å². The van der Waals surface area contributed by atoms with Gasteiger partial charge in [-0.2, -0.15) is 0 Å². The molecule has 3 aromatic rings. The highest BCUT2D eigenvalue weighted by Gasteiger charge is 2.21. The van der Waals surface area contributed by atoms with Crippen LogP contribution < -0.4 is 9.64 Å². The highest BCUT2D eigenvalue weighted by Crippen LogP contribution is 2.44. The van der Waals surface area contributed by atoms with Crippen molar-refractivity contribution in [1.29, 1.82) is 0 Å². The van der Waals surface area contributed by atoms with Gasteiger partial charge >= 0.3 is 0 Å². The minimum Gasteiger partial charge on any atom is -0.507 e. The molecule has 0 unspecified atom stereocenters. The number of hydrogen-bond donors (Lipinski definition) is 1. The van der Waals surface area contributed by atoms with Crippen molar-refractivity contribution in [3.63, 3.8) is 0 Å². The maximum absolute atomic E-state index is 10.8. The Morgan fingerprint density at radius 2 is 1.48 bits per heavy atom. The Morgan fingerprint density at radius 3 is 2.10 bits per heavy atom. The molecule has 0 fully saturated rings. The zero-order chi connectivity index (χ0) is 20.8. The lowest BCUT2D eigenvalue weighted by Crippen LogP contribution is -2.14. The zero-order valence-electron chi connectivity index (χ0n) is 17.6. The summed E-state index contributed by atoms with van der Waals surface area (Å²) < 4.78 is 5.95. The van der Waals surface area contributed by atoms with E-state index in [0.29, 0.717) is 6.61 Å². The molecule has 0 bridgehead atoms. The first-order valence-electron chi connectivity index (χ1n) is 10.1. The summed E-state index contributed by atoms with van der Waals surface area (Å²) in [4.78, 5) is 2.08. The first kappa shape index (κ1) is 20.5.